The monoisotopic (exact) mass is 436 g/mol. The van der Waals surface area contributed by atoms with E-state index in [1.54, 1.807) is 36.7 Å². The fourth-order valence-electron chi connectivity index (χ4n) is 2.73. The van der Waals surface area contributed by atoms with Crippen LogP contribution < -0.4 is 10.1 Å². The molecule has 1 aromatic carbocycles. The second kappa shape index (κ2) is 7.53. The Labute approximate surface area is 171 Å². The summed E-state index contributed by atoms with van der Waals surface area (Å²) in [6.45, 7) is -1.38. The van der Waals surface area contributed by atoms with Gasteiger partial charge in [-0.05, 0) is 23.8 Å². The largest absolute Gasteiger partial charge is 0.484 e. The number of hydrogen-bond acceptors (Lipinski definition) is 6. The number of thiocarbonyl (C=S) groups is 1. The van der Waals surface area contributed by atoms with Gasteiger partial charge in [-0.2, -0.15) is 13.2 Å². The molecule has 1 fully saturated rings. The van der Waals surface area contributed by atoms with Gasteiger partial charge in [-0.25, -0.2) is 0 Å². The first-order valence-corrected chi connectivity index (χ1v) is 9.43. The van der Waals surface area contributed by atoms with Gasteiger partial charge in [0.25, 0.3) is 5.91 Å². The summed E-state index contributed by atoms with van der Waals surface area (Å²) in [7, 11) is 0. The van der Waals surface area contributed by atoms with Crippen LogP contribution in [-0.2, 0) is 4.79 Å². The Morgan fingerprint density at radius 2 is 2.10 bits per heavy atom. The third kappa shape index (κ3) is 4.43. The Kier molecular flexibility index (Phi) is 5.05. The second-order valence-corrected chi connectivity index (χ2v) is 7.76. The molecule has 3 aromatic rings. The molecule has 2 aromatic heterocycles. The number of furan rings is 1. The molecule has 1 amide bonds. The average Bonchev–Trinajstić information content (AvgIpc) is 3.21. The summed E-state index contributed by atoms with van der Waals surface area (Å²) in [6.07, 6.45) is 0.304. The maximum absolute atomic E-state index is 12.4. The van der Waals surface area contributed by atoms with Crippen LogP contribution in [0.3, 0.4) is 0 Å². The van der Waals surface area contributed by atoms with Crippen molar-refractivity contribution in [3.05, 3.63) is 53.4 Å². The molecule has 1 N–H and O–H groups in total. The lowest BCUT2D eigenvalue weighted by atomic mass is 10.1. The van der Waals surface area contributed by atoms with Crippen LogP contribution in [0.25, 0.3) is 28.2 Å². The number of hydrogen-bond donors (Lipinski definition) is 1. The predicted octanol–water partition coefficient (Wildman–Crippen LogP) is 4.92. The molecular weight excluding hydrogens is 425 g/mol. The van der Waals surface area contributed by atoms with Crippen molar-refractivity contribution in [3.8, 4) is 16.9 Å². The van der Waals surface area contributed by atoms with E-state index in [1.165, 1.54) is 12.1 Å². The number of carbonyl (C=O) groups is 1. The first-order valence-electron chi connectivity index (χ1n) is 8.21. The number of nitrogens with zero attached hydrogens (tertiary/aromatic N) is 1. The van der Waals surface area contributed by atoms with E-state index in [-0.39, 0.29) is 11.7 Å². The minimum Gasteiger partial charge on any atom is -0.484 e. The molecule has 1 aliphatic rings. The molecule has 5 nitrogen and oxygen atoms in total. The van der Waals surface area contributed by atoms with E-state index in [0.29, 0.717) is 37.1 Å². The van der Waals surface area contributed by atoms with Crippen molar-refractivity contribution in [2.75, 3.05) is 6.61 Å². The smallest absolute Gasteiger partial charge is 0.422 e. The van der Waals surface area contributed by atoms with Crippen molar-refractivity contribution in [1.82, 2.24) is 10.3 Å². The van der Waals surface area contributed by atoms with E-state index >= 15 is 0 Å². The van der Waals surface area contributed by atoms with E-state index in [4.69, 9.17) is 21.4 Å². The SMILES string of the molecule is O=C1NC(=S)S/C1=C/c1cc2cncc(-c3cccc(OCC(F)(F)F)c3)c2o1. The van der Waals surface area contributed by atoms with Crippen LogP contribution in [0, 0.1) is 0 Å². The number of ether oxygens (including phenoxy) is 1. The van der Waals surface area contributed by atoms with Crippen LogP contribution in [0.1, 0.15) is 5.76 Å². The fraction of sp³-hybridized carbons (Fsp3) is 0.105. The molecular formula is C19H11F3N2O3S2. The van der Waals surface area contributed by atoms with E-state index in [2.05, 4.69) is 10.3 Å². The number of benzene rings is 1. The minimum absolute atomic E-state index is 0.0817. The van der Waals surface area contributed by atoms with Crippen LogP contribution in [0.2, 0.25) is 0 Å². The maximum Gasteiger partial charge on any atom is 0.422 e. The topological polar surface area (TPSA) is 64.4 Å². The normalized spacial score (nSPS) is 15.9. The Balaban J connectivity index is 1.68. The number of fused-ring (bicyclic) bond motifs is 1. The molecule has 1 aliphatic heterocycles. The van der Waals surface area contributed by atoms with Crippen molar-refractivity contribution >= 4 is 51.3 Å². The predicted molar refractivity (Wildman–Crippen MR) is 107 cm³/mol. The highest BCUT2D eigenvalue weighted by molar-refractivity contribution is 8.26. The lowest BCUT2D eigenvalue weighted by molar-refractivity contribution is -0.153. The van der Waals surface area contributed by atoms with Gasteiger partial charge >= 0.3 is 6.18 Å². The molecule has 0 radical (unpaired) electrons. The van der Waals surface area contributed by atoms with Gasteiger partial charge in [0, 0.05) is 29.4 Å². The maximum atomic E-state index is 12.4. The third-order valence-corrected chi connectivity index (χ3v) is 5.07. The number of thioether (sulfide) groups is 1. The number of alkyl halides is 3. The molecule has 148 valence electrons. The van der Waals surface area contributed by atoms with Crippen molar-refractivity contribution in [3.63, 3.8) is 0 Å². The van der Waals surface area contributed by atoms with Gasteiger partial charge < -0.3 is 14.5 Å². The first-order chi connectivity index (χ1) is 13.8. The number of aromatic nitrogens is 1. The van der Waals surface area contributed by atoms with Crippen LogP contribution in [0.15, 0.2) is 52.0 Å². The van der Waals surface area contributed by atoms with Crippen molar-refractivity contribution in [2.45, 2.75) is 6.18 Å². The second-order valence-electron chi connectivity index (χ2n) is 6.04. The Hall–Kier alpha value is -2.85. The third-order valence-electron chi connectivity index (χ3n) is 3.90. The number of pyridine rings is 1. The highest BCUT2D eigenvalue weighted by atomic mass is 32.2. The fourth-order valence-corrected chi connectivity index (χ4v) is 3.75. The molecule has 4 rings (SSSR count). The quantitative estimate of drug-likeness (QED) is 0.463. The lowest BCUT2D eigenvalue weighted by Crippen LogP contribution is -2.19. The molecule has 3 heterocycles. The summed E-state index contributed by atoms with van der Waals surface area (Å²) in [4.78, 5) is 16.4. The molecule has 0 aliphatic carbocycles. The van der Waals surface area contributed by atoms with Gasteiger partial charge in [-0.1, -0.05) is 36.1 Å². The molecule has 0 saturated carbocycles. The molecule has 10 heteroatoms. The summed E-state index contributed by atoms with van der Waals surface area (Å²) >= 11 is 6.10. The first kappa shape index (κ1) is 19.5. The number of carbonyl (C=O) groups excluding carboxylic acids is 1. The highest BCUT2D eigenvalue weighted by Crippen LogP contribution is 2.34. The highest BCUT2D eigenvalue weighted by Gasteiger charge is 2.28. The Morgan fingerprint density at radius 3 is 2.83 bits per heavy atom. The lowest BCUT2D eigenvalue weighted by Gasteiger charge is -2.10. The zero-order valence-corrected chi connectivity index (χ0v) is 16.1. The van der Waals surface area contributed by atoms with E-state index < -0.39 is 12.8 Å². The van der Waals surface area contributed by atoms with Crippen LogP contribution >= 0.6 is 24.0 Å². The van der Waals surface area contributed by atoms with Crippen molar-refractivity contribution in [1.29, 1.82) is 0 Å². The summed E-state index contributed by atoms with van der Waals surface area (Å²) in [6, 6.07) is 7.96. The number of rotatable bonds is 4. The summed E-state index contributed by atoms with van der Waals surface area (Å²) < 4.78 is 48.3. The van der Waals surface area contributed by atoms with Gasteiger partial charge in [0.2, 0.25) is 0 Å². The zero-order valence-electron chi connectivity index (χ0n) is 14.4. The Bertz CT molecular complexity index is 1160. The van der Waals surface area contributed by atoms with Gasteiger partial charge in [-0.15, -0.1) is 0 Å². The molecule has 29 heavy (non-hydrogen) atoms. The van der Waals surface area contributed by atoms with Crippen LogP contribution in [0.4, 0.5) is 13.2 Å². The molecule has 0 spiro atoms. The van der Waals surface area contributed by atoms with E-state index in [9.17, 15) is 18.0 Å². The van der Waals surface area contributed by atoms with Crippen LogP contribution in [0.5, 0.6) is 5.75 Å². The molecule has 0 bridgehead atoms. The van der Waals surface area contributed by atoms with Crippen LogP contribution in [-0.4, -0.2) is 28.0 Å². The number of amides is 1. The van der Waals surface area contributed by atoms with E-state index in [0.717, 1.165) is 11.8 Å². The van der Waals surface area contributed by atoms with E-state index in [1.807, 2.05) is 0 Å². The van der Waals surface area contributed by atoms with Crippen molar-refractivity contribution in [2.24, 2.45) is 0 Å². The van der Waals surface area contributed by atoms with Gasteiger partial charge in [0.1, 0.15) is 21.4 Å². The number of nitrogens with one attached hydrogen (secondary N) is 1. The minimum atomic E-state index is -4.42. The number of halogens is 3. The molecule has 0 unspecified atom stereocenters. The van der Waals surface area contributed by atoms with Gasteiger partial charge in [0.15, 0.2) is 6.61 Å². The summed E-state index contributed by atoms with van der Waals surface area (Å²) in [5, 5.41) is 3.21. The zero-order chi connectivity index (χ0) is 20.6. The van der Waals surface area contributed by atoms with Crippen molar-refractivity contribution < 1.29 is 27.1 Å². The average molecular weight is 436 g/mol. The van der Waals surface area contributed by atoms with Gasteiger partial charge in [0.05, 0.1) is 4.91 Å². The Morgan fingerprint density at radius 1 is 1.28 bits per heavy atom. The molecule has 0 atom stereocenters. The summed E-state index contributed by atoms with van der Waals surface area (Å²) in [5.41, 5.74) is 1.67. The summed E-state index contributed by atoms with van der Waals surface area (Å²) in [5.74, 6) is 0.215. The van der Waals surface area contributed by atoms with Gasteiger partial charge in [-0.3, -0.25) is 9.78 Å². The standard InChI is InChI=1S/C19H11F3N2O3S2/c20-19(21,22)9-26-12-3-1-2-10(4-12)14-8-23-7-11-5-13(27-16(11)14)6-15-17(25)24-18(28)29-15/h1-8H,9H2,(H,24,25,28)/b15-6+. The molecule has 1 saturated heterocycles.